The van der Waals surface area contributed by atoms with Gasteiger partial charge < -0.3 is 20.1 Å². The monoisotopic (exact) mass is 399 g/mol. The van der Waals surface area contributed by atoms with Gasteiger partial charge in [0.25, 0.3) is 0 Å². The van der Waals surface area contributed by atoms with E-state index in [1.165, 1.54) is 0 Å². The summed E-state index contributed by atoms with van der Waals surface area (Å²) in [6, 6.07) is 5.95. The molecule has 0 aliphatic carbocycles. The number of thiophene rings is 1. The van der Waals surface area contributed by atoms with Crippen LogP contribution in [-0.2, 0) is 21.5 Å². The third-order valence-corrected chi connectivity index (χ3v) is 6.38. The van der Waals surface area contributed by atoms with E-state index >= 15 is 0 Å². The molecule has 4 rings (SSSR count). The highest BCUT2D eigenvalue weighted by Crippen LogP contribution is 2.37. The fourth-order valence-electron chi connectivity index (χ4n) is 3.16. The van der Waals surface area contributed by atoms with E-state index in [-0.39, 0.29) is 5.60 Å². The number of hydrogen-bond acceptors (Lipinski definition) is 8. The van der Waals surface area contributed by atoms with E-state index in [1.807, 2.05) is 6.07 Å². The molecule has 0 radical (unpaired) electrons. The first kappa shape index (κ1) is 19.0. The fourth-order valence-corrected chi connectivity index (χ4v) is 4.29. The minimum Gasteiger partial charge on any atom is -0.384 e. The van der Waals surface area contributed by atoms with Crippen LogP contribution in [0.1, 0.15) is 30.1 Å². The maximum absolute atomic E-state index is 5.70. The Morgan fingerprint density at radius 2 is 2.04 bits per heavy atom. The number of nitrogens with zero attached hydrogens (tertiary/aromatic N) is 4. The third-order valence-electron chi connectivity index (χ3n) is 5.04. The van der Waals surface area contributed by atoms with Crippen molar-refractivity contribution in [1.82, 2.24) is 15.0 Å². The number of hydrogen-bond donors (Lipinski definition) is 1. The van der Waals surface area contributed by atoms with E-state index in [9.17, 15) is 0 Å². The van der Waals surface area contributed by atoms with E-state index in [4.69, 9.17) is 25.2 Å². The minimum absolute atomic E-state index is 0.366. The molecule has 2 N–H and O–H groups in total. The van der Waals surface area contributed by atoms with Crippen molar-refractivity contribution in [3.63, 3.8) is 0 Å². The first-order valence-electron chi connectivity index (χ1n) is 9.35. The SMILES string of the molecule is COC(C)(C)c1cc2c(N3CCOCC3)nc(Cc3ccc(N)nc3)nc2s1. The Morgan fingerprint density at radius 1 is 1.25 bits per heavy atom. The van der Waals surface area contributed by atoms with Gasteiger partial charge in [0.05, 0.1) is 24.2 Å². The number of nitrogens with two attached hydrogens (primary N) is 1. The second kappa shape index (κ2) is 7.62. The van der Waals surface area contributed by atoms with Gasteiger partial charge in [0, 0.05) is 37.7 Å². The van der Waals surface area contributed by atoms with E-state index in [2.05, 4.69) is 29.8 Å². The molecule has 0 amide bonds. The lowest BCUT2D eigenvalue weighted by Crippen LogP contribution is -2.37. The minimum atomic E-state index is -0.366. The molecule has 3 aromatic heterocycles. The maximum Gasteiger partial charge on any atom is 0.141 e. The summed E-state index contributed by atoms with van der Waals surface area (Å²) in [4.78, 5) is 18.4. The number of anilines is 2. The normalized spacial score (nSPS) is 15.3. The van der Waals surface area contributed by atoms with Gasteiger partial charge in [-0.3, -0.25) is 0 Å². The topological polar surface area (TPSA) is 86.4 Å². The van der Waals surface area contributed by atoms with Crippen LogP contribution in [-0.4, -0.2) is 48.4 Å². The van der Waals surface area contributed by atoms with E-state index in [0.717, 1.165) is 45.4 Å². The van der Waals surface area contributed by atoms with Gasteiger partial charge in [0.15, 0.2) is 0 Å². The van der Waals surface area contributed by atoms with Crippen LogP contribution >= 0.6 is 11.3 Å². The van der Waals surface area contributed by atoms with Crippen LogP contribution in [0, 0.1) is 0 Å². The lowest BCUT2D eigenvalue weighted by atomic mass is 10.1. The number of rotatable bonds is 5. The van der Waals surface area contributed by atoms with Gasteiger partial charge in [-0.15, -0.1) is 11.3 Å². The number of aromatic nitrogens is 3. The molecule has 1 aliphatic heterocycles. The van der Waals surface area contributed by atoms with E-state index in [1.54, 1.807) is 30.7 Å². The Labute approximate surface area is 168 Å². The van der Waals surface area contributed by atoms with Crippen LogP contribution in [0.2, 0.25) is 0 Å². The van der Waals surface area contributed by atoms with Crippen molar-refractivity contribution >= 4 is 33.2 Å². The average molecular weight is 400 g/mol. The summed E-state index contributed by atoms with van der Waals surface area (Å²) in [5, 5.41) is 1.08. The predicted molar refractivity (Wildman–Crippen MR) is 112 cm³/mol. The predicted octanol–water partition coefficient (Wildman–Crippen LogP) is 2.98. The second-order valence-corrected chi connectivity index (χ2v) is 8.41. The Bertz CT molecular complexity index is 965. The molecular weight excluding hydrogens is 374 g/mol. The van der Waals surface area contributed by atoms with Crippen LogP contribution in [0.4, 0.5) is 11.6 Å². The summed E-state index contributed by atoms with van der Waals surface area (Å²) in [6.45, 7) is 7.22. The molecule has 148 valence electrons. The van der Waals surface area contributed by atoms with Gasteiger partial charge in [-0.1, -0.05) is 6.07 Å². The second-order valence-electron chi connectivity index (χ2n) is 7.37. The molecule has 0 spiro atoms. The van der Waals surface area contributed by atoms with Crippen molar-refractivity contribution in [2.24, 2.45) is 0 Å². The molecule has 1 aliphatic rings. The molecule has 0 aromatic carbocycles. The first-order valence-corrected chi connectivity index (χ1v) is 10.2. The largest absolute Gasteiger partial charge is 0.384 e. The standard InChI is InChI=1S/C20H25N5O2S/c1-20(2,26-3)15-11-14-18(25-6-8-27-9-7-25)23-17(24-19(14)28-15)10-13-4-5-16(21)22-12-13/h4-5,11-12H,6-10H2,1-3H3,(H2,21,22). The number of methoxy groups -OCH3 is 1. The Balaban J connectivity index is 1.78. The molecule has 4 heterocycles. The molecule has 0 bridgehead atoms. The molecule has 8 heteroatoms. The Morgan fingerprint density at radius 3 is 2.71 bits per heavy atom. The van der Waals surface area contributed by atoms with Gasteiger partial charge in [0.2, 0.25) is 0 Å². The molecular formula is C20H25N5O2S. The highest BCUT2D eigenvalue weighted by Gasteiger charge is 2.26. The molecule has 0 unspecified atom stereocenters. The molecule has 28 heavy (non-hydrogen) atoms. The van der Waals surface area contributed by atoms with Crippen molar-refractivity contribution in [3.8, 4) is 0 Å². The molecule has 7 nitrogen and oxygen atoms in total. The highest BCUT2D eigenvalue weighted by molar-refractivity contribution is 7.18. The number of ether oxygens (including phenoxy) is 2. The molecule has 0 saturated carbocycles. The summed E-state index contributed by atoms with van der Waals surface area (Å²) >= 11 is 1.66. The quantitative estimate of drug-likeness (QED) is 0.706. The van der Waals surface area contributed by atoms with Crippen molar-refractivity contribution < 1.29 is 9.47 Å². The summed E-state index contributed by atoms with van der Waals surface area (Å²) in [7, 11) is 1.73. The average Bonchev–Trinajstić information content (AvgIpc) is 3.15. The molecule has 0 atom stereocenters. The molecule has 1 saturated heterocycles. The van der Waals surface area contributed by atoms with Crippen molar-refractivity contribution in [1.29, 1.82) is 0 Å². The van der Waals surface area contributed by atoms with E-state index in [0.29, 0.717) is 25.5 Å². The van der Waals surface area contributed by atoms with E-state index < -0.39 is 0 Å². The van der Waals surface area contributed by atoms with Gasteiger partial charge in [-0.25, -0.2) is 15.0 Å². The zero-order valence-electron chi connectivity index (χ0n) is 16.4. The van der Waals surface area contributed by atoms with Crippen molar-refractivity contribution in [2.75, 3.05) is 44.0 Å². The number of morpholine rings is 1. The Hall–Kier alpha value is -2.29. The van der Waals surface area contributed by atoms with Crippen LogP contribution in [0.5, 0.6) is 0 Å². The zero-order valence-corrected chi connectivity index (χ0v) is 17.3. The lowest BCUT2D eigenvalue weighted by molar-refractivity contribution is 0.0224. The van der Waals surface area contributed by atoms with Crippen molar-refractivity contribution in [3.05, 3.63) is 40.7 Å². The Kier molecular flexibility index (Phi) is 5.18. The van der Waals surface area contributed by atoms with Gasteiger partial charge in [-0.05, 0) is 31.5 Å². The fraction of sp³-hybridized carbons (Fsp3) is 0.450. The lowest BCUT2D eigenvalue weighted by Gasteiger charge is -2.28. The van der Waals surface area contributed by atoms with Crippen LogP contribution in [0.15, 0.2) is 24.4 Å². The smallest absolute Gasteiger partial charge is 0.141 e. The molecule has 3 aromatic rings. The zero-order chi connectivity index (χ0) is 19.7. The van der Waals surface area contributed by atoms with Crippen molar-refractivity contribution in [2.45, 2.75) is 25.9 Å². The van der Waals surface area contributed by atoms with Gasteiger partial charge in [0.1, 0.15) is 22.3 Å². The third kappa shape index (κ3) is 3.80. The summed E-state index contributed by atoms with van der Waals surface area (Å²) in [6.07, 6.45) is 2.40. The van der Waals surface area contributed by atoms with Gasteiger partial charge >= 0.3 is 0 Å². The van der Waals surface area contributed by atoms with Crippen LogP contribution in [0.3, 0.4) is 0 Å². The number of nitrogen functional groups attached to an aromatic ring is 1. The highest BCUT2D eigenvalue weighted by atomic mass is 32.1. The van der Waals surface area contributed by atoms with Crippen LogP contribution in [0.25, 0.3) is 10.2 Å². The number of pyridine rings is 1. The summed E-state index contributed by atoms with van der Waals surface area (Å²) < 4.78 is 11.2. The maximum atomic E-state index is 5.70. The first-order chi connectivity index (χ1) is 13.5. The number of fused-ring (bicyclic) bond motifs is 1. The van der Waals surface area contributed by atoms with Gasteiger partial charge in [-0.2, -0.15) is 0 Å². The summed E-state index contributed by atoms with van der Waals surface area (Å²) in [5.74, 6) is 2.27. The summed E-state index contributed by atoms with van der Waals surface area (Å²) in [5.41, 5.74) is 6.37. The molecule has 1 fully saturated rings. The van der Waals surface area contributed by atoms with Crippen LogP contribution < -0.4 is 10.6 Å².